The Labute approximate surface area is 121 Å². The van der Waals surface area contributed by atoms with Gasteiger partial charge in [-0.05, 0) is 6.07 Å². The molecule has 1 aromatic rings. The fraction of sp³-hybridized carbons (Fsp3) is 0.545. The van der Waals surface area contributed by atoms with Crippen molar-refractivity contribution in [3.05, 3.63) is 18.0 Å². The molecule has 2 rings (SSSR count). The number of halogens is 1. The number of ether oxygens (including phenoxy) is 2. The van der Waals surface area contributed by atoms with Crippen molar-refractivity contribution in [2.24, 2.45) is 0 Å². The summed E-state index contributed by atoms with van der Waals surface area (Å²) in [6, 6.07) is 1.21. The molecule has 112 valence electrons. The molecule has 0 aromatic carbocycles. The first kappa shape index (κ1) is 15.3. The first-order chi connectivity index (χ1) is 9.36. The molecule has 2 unspecified atom stereocenters. The van der Waals surface area contributed by atoms with Crippen LogP contribution in [0.1, 0.15) is 10.5 Å². The average molecular weight is 323 g/mol. The molecule has 2 atom stereocenters. The first-order valence-electron chi connectivity index (χ1n) is 5.84. The monoisotopic (exact) mass is 322 g/mol. The lowest BCUT2D eigenvalue weighted by Crippen LogP contribution is -2.30. The molecule has 20 heavy (non-hydrogen) atoms. The lowest BCUT2D eigenvalue weighted by atomic mass is 10.3. The van der Waals surface area contributed by atoms with E-state index in [1.54, 1.807) is 19.1 Å². The molecular formula is C11H15ClN2O5S. The van der Waals surface area contributed by atoms with Crippen molar-refractivity contribution in [1.29, 1.82) is 0 Å². The van der Waals surface area contributed by atoms with E-state index in [0.717, 1.165) is 0 Å². The minimum Gasteiger partial charge on any atom is -0.377 e. The maximum Gasteiger partial charge on any atom is 0.270 e. The maximum absolute atomic E-state index is 12.3. The van der Waals surface area contributed by atoms with Crippen LogP contribution >= 0.6 is 10.7 Å². The largest absolute Gasteiger partial charge is 0.377 e. The summed E-state index contributed by atoms with van der Waals surface area (Å²) in [5.74, 6) is -0.321. The summed E-state index contributed by atoms with van der Waals surface area (Å²) in [5.41, 5.74) is 0.163. The van der Waals surface area contributed by atoms with E-state index in [0.29, 0.717) is 13.1 Å². The van der Waals surface area contributed by atoms with Crippen LogP contribution in [0.15, 0.2) is 17.2 Å². The van der Waals surface area contributed by atoms with Gasteiger partial charge in [0.25, 0.3) is 15.0 Å². The van der Waals surface area contributed by atoms with Gasteiger partial charge in [0.1, 0.15) is 22.8 Å². The molecule has 1 N–H and O–H groups in total. The number of likely N-dealkylation sites (tertiary alicyclic amines) is 1. The minimum atomic E-state index is -3.85. The van der Waals surface area contributed by atoms with E-state index in [1.165, 1.54) is 12.3 Å². The van der Waals surface area contributed by atoms with Crippen molar-refractivity contribution < 1.29 is 22.7 Å². The minimum absolute atomic E-state index is 0.131. The first-order valence-corrected chi connectivity index (χ1v) is 8.15. The van der Waals surface area contributed by atoms with Crippen LogP contribution in [-0.4, -0.2) is 63.7 Å². The van der Waals surface area contributed by atoms with Crippen LogP contribution in [0.3, 0.4) is 0 Å². The normalized spacial score (nSPS) is 23.2. The molecular weight excluding hydrogens is 308 g/mol. The zero-order chi connectivity index (χ0) is 14.9. The topological polar surface area (TPSA) is 88.7 Å². The number of amides is 1. The highest BCUT2D eigenvalue weighted by atomic mass is 35.7. The molecule has 1 saturated heterocycles. The van der Waals surface area contributed by atoms with Crippen molar-refractivity contribution in [3.8, 4) is 0 Å². The van der Waals surface area contributed by atoms with Crippen molar-refractivity contribution in [3.63, 3.8) is 0 Å². The zero-order valence-corrected chi connectivity index (χ0v) is 12.6. The molecule has 1 aliphatic heterocycles. The number of rotatable bonds is 4. The fourth-order valence-corrected chi connectivity index (χ4v) is 2.90. The summed E-state index contributed by atoms with van der Waals surface area (Å²) >= 11 is 0. The highest BCUT2D eigenvalue weighted by Gasteiger charge is 2.36. The number of aromatic amines is 1. The number of nitrogens with one attached hydrogen (secondary N) is 1. The summed E-state index contributed by atoms with van der Waals surface area (Å²) in [6.07, 6.45) is 0.790. The SMILES string of the molecule is COC1CN(C(=O)c2cc(S(=O)(=O)Cl)c[nH]2)CC1OC. The number of methoxy groups -OCH3 is 2. The molecule has 1 aromatic heterocycles. The van der Waals surface area contributed by atoms with Crippen molar-refractivity contribution in [2.75, 3.05) is 27.3 Å². The van der Waals surface area contributed by atoms with Gasteiger partial charge in [0.05, 0.1) is 0 Å². The molecule has 0 spiro atoms. The van der Waals surface area contributed by atoms with Crippen molar-refractivity contribution in [1.82, 2.24) is 9.88 Å². The van der Waals surface area contributed by atoms with Crippen LogP contribution in [0.2, 0.25) is 0 Å². The number of nitrogens with zero attached hydrogens (tertiary/aromatic N) is 1. The molecule has 0 radical (unpaired) electrons. The van der Waals surface area contributed by atoms with E-state index in [-0.39, 0.29) is 28.7 Å². The number of carbonyl (C=O) groups is 1. The predicted molar refractivity (Wildman–Crippen MR) is 71.3 cm³/mol. The van der Waals surface area contributed by atoms with E-state index >= 15 is 0 Å². The average Bonchev–Trinajstić information content (AvgIpc) is 3.03. The van der Waals surface area contributed by atoms with Gasteiger partial charge in [-0.15, -0.1) is 0 Å². The Bertz CT molecular complexity index is 588. The molecule has 1 fully saturated rings. The number of hydrogen-bond donors (Lipinski definition) is 1. The van der Waals surface area contributed by atoms with Crippen LogP contribution in [0.4, 0.5) is 0 Å². The summed E-state index contributed by atoms with van der Waals surface area (Å²) in [4.78, 5) is 16.3. The third kappa shape index (κ3) is 2.98. The van der Waals surface area contributed by atoms with Gasteiger partial charge < -0.3 is 19.4 Å². The van der Waals surface area contributed by atoms with E-state index in [1.807, 2.05) is 0 Å². The van der Waals surface area contributed by atoms with Gasteiger partial charge in [0.15, 0.2) is 0 Å². The standard InChI is InChI=1S/C11H15ClN2O5S/c1-18-9-5-14(6-10(9)19-2)11(15)8-3-7(4-13-8)20(12,16)17/h3-4,9-10,13H,5-6H2,1-2H3. The molecule has 1 aliphatic rings. The second-order valence-corrected chi connectivity index (χ2v) is 7.01. The zero-order valence-electron chi connectivity index (χ0n) is 11.0. The Morgan fingerprint density at radius 3 is 2.30 bits per heavy atom. The third-order valence-electron chi connectivity index (χ3n) is 3.28. The van der Waals surface area contributed by atoms with Crippen molar-refractivity contribution >= 4 is 25.6 Å². The Morgan fingerprint density at radius 1 is 1.35 bits per heavy atom. The van der Waals surface area contributed by atoms with Crippen LogP contribution < -0.4 is 0 Å². The van der Waals surface area contributed by atoms with Crippen molar-refractivity contribution in [2.45, 2.75) is 17.1 Å². The number of hydrogen-bond acceptors (Lipinski definition) is 5. The van der Waals surface area contributed by atoms with Gasteiger partial charge in [0, 0.05) is 44.2 Å². The fourth-order valence-electron chi connectivity index (χ4n) is 2.17. The van der Waals surface area contributed by atoms with E-state index in [2.05, 4.69) is 4.98 Å². The third-order valence-corrected chi connectivity index (χ3v) is 4.61. The lowest BCUT2D eigenvalue weighted by Gasteiger charge is -2.14. The number of carbonyl (C=O) groups excluding carboxylic acids is 1. The highest BCUT2D eigenvalue weighted by Crippen LogP contribution is 2.20. The molecule has 2 heterocycles. The predicted octanol–water partition coefficient (Wildman–Crippen LogP) is 0.428. The Hall–Kier alpha value is -1.09. The maximum atomic E-state index is 12.3. The van der Waals surface area contributed by atoms with Crippen LogP contribution in [0.25, 0.3) is 0 Å². The van der Waals surface area contributed by atoms with Crippen LogP contribution in [-0.2, 0) is 18.5 Å². The lowest BCUT2D eigenvalue weighted by molar-refractivity contribution is -0.00461. The molecule has 0 bridgehead atoms. The quantitative estimate of drug-likeness (QED) is 0.812. The van der Waals surface area contributed by atoms with Gasteiger partial charge >= 0.3 is 0 Å². The number of aromatic nitrogens is 1. The second kappa shape index (κ2) is 5.72. The summed E-state index contributed by atoms with van der Waals surface area (Å²) in [5, 5.41) is 0. The van der Waals surface area contributed by atoms with Crippen LogP contribution in [0.5, 0.6) is 0 Å². The summed E-state index contributed by atoms with van der Waals surface area (Å²) < 4.78 is 32.8. The van der Waals surface area contributed by atoms with Gasteiger partial charge in [-0.3, -0.25) is 4.79 Å². The van der Waals surface area contributed by atoms with Crippen LogP contribution in [0, 0.1) is 0 Å². The molecule has 9 heteroatoms. The van der Waals surface area contributed by atoms with E-state index in [4.69, 9.17) is 20.2 Å². The summed E-state index contributed by atoms with van der Waals surface area (Å²) in [6.45, 7) is 0.769. The van der Waals surface area contributed by atoms with Gasteiger partial charge in [-0.25, -0.2) is 8.42 Å². The summed E-state index contributed by atoms with van der Waals surface area (Å²) in [7, 11) is 4.47. The molecule has 1 amide bonds. The van der Waals surface area contributed by atoms with Gasteiger partial charge in [-0.2, -0.15) is 0 Å². The Balaban J connectivity index is 2.15. The smallest absolute Gasteiger partial charge is 0.270 e. The van der Waals surface area contributed by atoms with Gasteiger partial charge in [0.2, 0.25) is 0 Å². The van der Waals surface area contributed by atoms with Gasteiger partial charge in [-0.1, -0.05) is 0 Å². The second-order valence-electron chi connectivity index (χ2n) is 4.45. The molecule has 7 nitrogen and oxygen atoms in total. The number of H-pyrrole nitrogens is 1. The van der Waals surface area contributed by atoms with E-state index in [9.17, 15) is 13.2 Å². The highest BCUT2D eigenvalue weighted by molar-refractivity contribution is 8.13. The molecule has 0 aliphatic carbocycles. The Morgan fingerprint density at radius 2 is 1.90 bits per heavy atom. The van der Waals surface area contributed by atoms with E-state index < -0.39 is 9.05 Å². The Kier molecular flexibility index (Phi) is 4.38. The molecule has 0 saturated carbocycles.